The fourth-order valence-electron chi connectivity index (χ4n) is 1.24. The largest absolute Gasteiger partial charge is 0.534 e. The molecule has 1 aromatic rings. The third kappa shape index (κ3) is 2.87. The van der Waals surface area contributed by atoms with Crippen molar-refractivity contribution >= 4 is 10.1 Å². The predicted octanol–water partition coefficient (Wildman–Crippen LogP) is 2.54. The van der Waals surface area contributed by atoms with E-state index in [9.17, 15) is 21.6 Å². The number of alkyl halides is 3. The molecule has 0 atom stereocenters. The molecule has 0 aliphatic rings. The second-order valence-electron chi connectivity index (χ2n) is 3.57. The molecule has 4 nitrogen and oxygen atoms in total. The molecule has 1 rings (SSSR count). The highest BCUT2D eigenvalue weighted by molar-refractivity contribution is 7.88. The number of hydrogen-bond donors (Lipinski definition) is 0. The van der Waals surface area contributed by atoms with Gasteiger partial charge in [-0.05, 0) is 37.1 Å². The summed E-state index contributed by atoms with van der Waals surface area (Å²) in [6.07, 6.45) is 0. The lowest BCUT2D eigenvalue weighted by Gasteiger charge is -2.13. The van der Waals surface area contributed by atoms with Crippen LogP contribution in [0.25, 0.3) is 0 Å². The van der Waals surface area contributed by atoms with E-state index >= 15 is 0 Å². The van der Waals surface area contributed by atoms with Gasteiger partial charge in [-0.2, -0.15) is 21.6 Å². The average Bonchev–Trinajstić information content (AvgIpc) is 2.21. The van der Waals surface area contributed by atoms with E-state index in [1.807, 2.05) is 0 Å². The zero-order chi connectivity index (χ0) is 14.1. The summed E-state index contributed by atoms with van der Waals surface area (Å²) in [5.41, 5.74) is -4.76. The number of benzene rings is 1. The Bertz CT molecular complexity index is 549. The molecule has 0 aliphatic carbocycles. The summed E-state index contributed by atoms with van der Waals surface area (Å²) in [4.78, 5) is 0. The summed E-state index contributed by atoms with van der Waals surface area (Å²) in [5.74, 6) is 0.0647. The maximum atomic E-state index is 12.2. The van der Waals surface area contributed by atoms with Crippen molar-refractivity contribution in [3.63, 3.8) is 0 Å². The molecule has 1 aromatic carbocycles. The van der Waals surface area contributed by atoms with Crippen molar-refractivity contribution in [2.45, 2.75) is 19.4 Å². The Balaban J connectivity index is 3.18. The van der Waals surface area contributed by atoms with Gasteiger partial charge in [0.15, 0.2) is 0 Å². The Kier molecular flexibility index (Phi) is 3.80. The Morgan fingerprint density at radius 1 is 1.06 bits per heavy atom. The van der Waals surface area contributed by atoms with Crippen LogP contribution in [-0.2, 0) is 10.1 Å². The van der Waals surface area contributed by atoms with Crippen molar-refractivity contribution < 1.29 is 30.5 Å². The van der Waals surface area contributed by atoms with Crippen LogP contribution in [0.4, 0.5) is 13.2 Å². The van der Waals surface area contributed by atoms with Gasteiger partial charge in [0.25, 0.3) is 0 Å². The zero-order valence-electron chi connectivity index (χ0n) is 9.83. The normalized spacial score (nSPS) is 12.3. The van der Waals surface area contributed by atoms with Crippen LogP contribution in [0, 0.1) is 13.8 Å². The van der Waals surface area contributed by atoms with Gasteiger partial charge < -0.3 is 8.92 Å². The van der Waals surface area contributed by atoms with Gasteiger partial charge in [-0.15, -0.1) is 0 Å². The smallest absolute Gasteiger partial charge is 0.496 e. The maximum Gasteiger partial charge on any atom is 0.534 e. The molecular weight excluding hydrogens is 273 g/mol. The molecule has 0 saturated carbocycles. The lowest BCUT2D eigenvalue weighted by molar-refractivity contribution is -0.0500. The summed E-state index contributed by atoms with van der Waals surface area (Å²) >= 11 is 0. The maximum absolute atomic E-state index is 12.2. The van der Waals surface area contributed by atoms with Crippen LogP contribution in [0.3, 0.4) is 0 Å². The fourth-order valence-corrected chi connectivity index (χ4v) is 1.75. The summed E-state index contributed by atoms with van der Waals surface area (Å²) < 4.78 is 67.2. The lowest BCUT2D eigenvalue weighted by atomic mass is 10.1. The molecule has 0 aliphatic heterocycles. The van der Waals surface area contributed by atoms with Gasteiger partial charge in [0.2, 0.25) is 0 Å². The fraction of sp³-hybridized carbons (Fsp3) is 0.400. The van der Waals surface area contributed by atoms with E-state index in [2.05, 4.69) is 4.18 Å². The van der Waals surface area contributed by atoms with Gasteiger partial charge in [-0.1, -0.05) is 0 Å². The molecule has 0 spiro atoms. The first-order valence-electron chi connectivity index (χ1n) is 4.74. The minimum atomic E-state index is -5.65. The lowest BCUT2D eigenvalue weighted by Crippen LogP contribution is -2.28. The van der Waals surface area contributed by atoms with Gasteiger partial charge >= 0.3 is 15.6 Å². The second-order valence-corrected chi connectivity index (χ2v) is 5.11. The number of halogens is 3. The van der Waals surface area contributed by atoms with E-state index in [4.69, 9.17) is 4.74 Å². The van der Waals surface area contributed by atoms with Crippen LogP contribution < -0.4 is 8.92 Å². The van der Waals surface area contributed by atoms with Crippen molar-refractivity contribution in [3.05, 3.63) is 23.3 Å². The summed E-state index contributed by atoms with van der Waals surface area (Å²) in [6.45, 7) is 2.98. The Morgan fingerprint density at radius 3 is 1.94 bits per heavy atom. The first kappa shape index (κ1) is 14.6. The van der Waals surface area contributed by atoms with Crippen LogP contribution in [0.1, 0.15) is 11.1 Å². The van der Waals surface area contributed by atoms with Crippen molar-refractivity contribution in [1.29, 1.82) is 0 Å². The average molecular weight is 284 g/mol. The van der Waals surface area contributed by atoms with Gasteiger partial charge in [0.1, 0.15) is 11.5 Å². The van der Waals surface area contributed by atoms with E-state index in [1.165, 1.54) is 26.2 Å². The topological polar surface area (TPSA) is 52.6 Å². The van der Waals surface area contributed by atoms with Gasteiger partial charge in [-0.3, -0.25) is 0 Å². The SMILES string of the molecule is COc1cc(C)c(OS(=O)(=O)C(F)(F)F)cc1C. The molecule has 18 heavy (non-hydrogen) atoms. The van der Waals surface area contributed by atoms with Gasteiger partial charge in [0.05, 0.1) is 7.11 Å². The van der Waals surface area contributed by atoms with Crippen LogP contribution in [0.15, 0.2) is 12.1 Å². The number of ether oxygens (including phenoxy) is 1. The monoisotopic (exact) mass is 284 g/mol. The molecule has 0 bridgehead atoms. The van der Waals surface area contributed by atoms with Crippen molar-refractivity contribution in [3.8, 4) is 11.5 Å². The molecule has 0 saturated heterocycles. The van der Waals surface area contributed by atoms with Gasteiger partial charge in [-0.25, -0.2) is 0 Å². The quantitative estimate of drug-likeness (QED) is 0.632. The molecular formula is C10H11F3O4S. The minimum absolute atomic E-state index is 0.227. The number of hydrogen-bond acceptors (Lipinski definition) is 4. The summed E-state index contributed by atoms with van der Waals surface area (Å²) in [7, 11) is -4.25. The second kappa shape index (κ2) is 4.68. The number of rotatable bonds is 3. The molecule has 0 radical (unpaired) electrons. The minimum Gasteiger partial charge on any atom is -0.496 e. The molecule has 8 heteroatoms. The highest BCUT2D eigenvalue weighted by Crippen LogP contribution is 2.32. The molecule has 0 unspecified atom stereocenters. The van der Waals surface area contributed by atoms with Crippen LogP contribution in [0.2, 0.25) is 0 Å². The van der Waals surface area contributed by atoms with E-state index in [-0.39, 0.29) is 11.3 Å². The van der Waals surface area contributed by atoms with E-state index in [0.29, 0.717) is 11.3 Å². The Morgan fingerprint density at radius 2 is 1.50 bits per heavy atom. The molecule has 0 heterocycles. The highest BCUT2D eigenvalue weighted by Gasteiger charge is 2.48. The van der Waals surface area contributed by atoms with Crippen molar-refractivity contribution in [2.24, 2.45) is 0 Å². The summed E-state index contributed by atoms with van der Waals surface area (Å²) in [6, 6.07) is 2.58. The van der Waals surface area contributed by atoms with Crippen LogP contribution in [-0.4, -0.2) is 21.0 Å². The van der Waals surface area contributed by atoms with E-state index in [1.54, 1.807) is 6.92 Å². The first-order valence-corrected chi connectivity index (χ1v) is 6.15. The molecule has 0 fully saturated rings. The van der Waals surface area contributed by atoms with Crippen LogP contribution >= 0.6 is 0 Å². The third-order valence-electron chi connectivity index (χ3n) is 2.18. The number of aryl methyl sites for hydroxylation is 2. The molecule has 0 amide bonds. The molecule has 0 aromatic heterocycles. The van der Waals surface area contributed by atoms with Crippen LogP contribution in [0.5, 0.6) is 11.5 Å². The molecule has 102 valence electrons. The first-order chi connectivity index (χ1) is 8.08. The third-order valence-corrected chi connectivity index (χ3v) is 3.14. The van der Waals surface area contributed by atoms with E-state index < -0.39 is 15.6 Å². The van der Waals surface area contributed by atoms with Crippen molar-refractivity contribution in [1.82, 2.24) is 0 Å². The Labute approximate surface area is 102 Å². The van der Waals surface area contributed by atoms with E-state index in [0.717, 1.165) is 0 Å². The molecule has 0 N–H and O–H groups in total. The standard InChI is InChI=1S/C10H11F3O4S/c1-6-5-9(7(2)4-8(6)16-3)17-18(14,15)10(11,12)13/h4-5H,1-3H3. The Hall–Kier alpha value is -1.44. The zero-order valence-corrected chi connectivity index (χ0v) is 10.6. The highest BCUT2D eigenvalue weighted by atomic mass is 32.2. The predicted molar refractivity (Wildman–Crippen MR) is 58.1 cm³/mol. The van der Waals surface area contributed by atoms with Crippen molar-refractivity contribution in [2.75, 3.05) is 7.11 Å². The summed E-state index contributed by atoms with van der Waals surface area (Å²) in [5, 5.41) is 0. The van der Waals surface area contributed by atoms with Gasteiger partial charge in [0, 0.05) is 0 Å². The number of methoxy groups -OCH3 is 1.